The van der Waals surface area contributed by atoms with Gasteiger partial charge >= 0.3 is 0 Å². The van der Waals surface area contributed by atoms with Crippen LogP contribution in [0.3, 0.4) is 0 Å². The molecule has 2 fully saturated rings. The zero-order valence-corrected chi connectivity index (χ0v) is 69.8. The van der Waals surface area contributed by atoms with Gasteiger partial charge in [-0.15, -0.1) is 0 Å². The van der Waals surface area contributed by atoms with Crippen LogP contribution in [0.25, 0.3) is 0 Å². The minimum atomic E-state index is -0.571. The molecule has 2 saturated heterocycles. The fourth-order valence-electron chi connectivity index (χ4n) is 12.4. The zero-order valence-electron chi connectivity index (χ0n) is 66.8. The van der Waals surface area contributed by atoms with Crippen LogP contribution in [0.2, 0.25) is 20.1 Å². The molecule has 36 heteroatoms. The molecule has 2 aliphatic heterocycles. The van der Waals surface area contributed by atoms with Crippen molar-refractivity contribution in [2.24, 2.45) is 16.5 Å². The molecule has 0 saturated carbocycles. The number of halogens is 4. The number of aromatic hydroxyl groups is 4. The van der Waals surface area contributed by atoms with E-state index in [2.05, 4.69) is 67.5 Å². The van der Waals surface area contributed by atoms with E-state index in [-0.39, 0.29) is 103 Å². The molecule has 0 radical (unpaired) electrons. The summed E-state index contributed by atoms with van der Waals surface area (Å²) in [6.45, 7) is 3.46. The summed E-state index contributed by atoms with van der Waals surface area (Å²) >= 11 is 23.2. The second kappa shape index (κ2) is 43.2. The minimum Gasteiger partial charge on any atom is -0.506 e. The van der Waals surface area contributed by atoms with Gasteiger partial charge in [-0.1, -0.05) is 119 Å². The Hall–Kier alpha value is -15.6. The van der Waals surface area contributed by atoms with E-state index in [9.17, 15) is 58.8 Å². The summed E-state index contributed by atoms with van der Waals surface area (Å²) in [5.74, 6) is -3.05. The number of benzene rings is 8. The van der Waals surface area contributed by atoms with Crippen LogP contribution in [0, 0.1) is 16.2 Å². The van der Waals surface area contributed by atoms with Crippen molar-refractivity contribution >= 4 is 163 Å². The second-order valence-corrected chi connectivity index (χ2v) is 29.4. The SMILES string of the molecule is CN=C(N)c1ccc(C(=O)Nc2c(O)cccc2C(=O)Nc2ccc(Cl)cn2)cc1.N=C(N)c1ccc(C(=O)Nc2c(O)cccc2C(=O)Nc2ccc(Cl)cn2)cc1.N=C(c1ccc(C(=O)Nc2c(O)cccc2C(=O)Nc2ccc(Cl)cn2)cc1)N1CCCC1.N=C(c1ccc(C(=O)Nc2c(O)cccc2C(=O)Nc2ccc(Cl)cn2)cc1)N1CCCCC1. The van der Waals surface area contributed by atoms with Gasteiger partial charge in [-0.2, -0.15) is 0 Å². The Morgan fingerprint density at radius 1 is 0.310 bits per heavy atom. The molecule has 14 rings (SSSR count). The Morgan fingerprint density at radius 3 is 0.770 bits per heavy atom. The number of phenols is 4. The van der Waals surface area contributed by atoms with Crippen molar-refractivity contribution in [3.63, 3.8) is 0 Å². The van der Waals surface area contributed by atoms with Crippen molar-refractivity contribution in [2.45, 2.75) is 32.1 Å². The number of amidine groups is 4. The van der Waals surface area contributed by atoms with E-state index < -0.39 is 47.3 Å². The molecule has 0 unspecified atom stereocenters. The molecule has 640 valence electrons. The molecule has 32 nitrogen and oxygen atoms in total. The second-order valence-electron chi connectivity index (χ2n) is 27.6. The highest BCUT2D eigenvalue weighted by atomic mass is 35.5. The number of nitrogens with one attached hydrogen (secondary N) is 11. The third-order valence-electron chi connectivity index (χ3n) is 19.1. The maximum absolute atomic E-state index is 12.9. The fourth-order valence-corrected chi connectivity index (χ4v) is 12.9. The monoisotopic (exact) mass is 1770 g/mol. The number of likely N-dealkylation sites (tertiary alicyclic amines) is 2. The van der Waals surface area contributed by atoms with Gasteiger partial charge in [-0.25, -0.2) is 19.9 Å². The maximum Gasteiger partial charge on any atom is 0.259 e. The largest absolute Gasteiger partial charge is 0.506 e. The summed E-state index contributed by atoms with van der Waals surface area (Å²) in [6, 6.07) is 55.8. The maximum atomic E-state index is 12.9. The number of aromatic nitrogens is 4. The first-order valence-electron chi connectivity index (χ1n) is 38.5. The molecule has 0 aliphatic carbocycles. The number of pyridine rings is 4. The predicted molar refractivity (Wildman–Crippen MR) is 486 cm³/mol. The molecule has 12 aromatic rings. The number of piperidine rings is 1. The van der Waals surface area contributed by atoms with E-state index in [1.165, 1.54) is 140 Å². The van der Waals surface area contributed by atoms with Gasteiger partial charge in [0.25, 0.3) is 47.3 Å². The van der Waals surface area contributed by atoms with Crippen LogP contribution in [0.1, 0.15) is 137 Å². The molecular weight excluding hydrogens is 1690 g/mol. The molecule has 8 amide bonds. The quantitative estimate of drug-likeness (QED) is 0.0191. The number of amides is 8. The van der Waals surface area contributed by atoms with E-state index in [0.29, 0.717) is 65.4 Å². The molecule has 19 N–H and O–H groups in total. The first-order chi connectivity index (χ1) is 60.6. The van der Waals surface area contributed by atoms with E-state index in [1.54, 1.807) is 116 Å². The van der Waals surface area contributed by atoms with Gasteiger partial charge in [-0.05, 0) is 178 Å². The molecule has 6 heterocycles. The van der Waals surface area contributed by atoms with Crippen molar-refractivity contribution < 1.29 is 58.8 Å². The Bertz CT molecular complexity index is 6070. The topological polar surface area (TPSA) is 508 Å². The molecule has 0 spiro atoms. The van der Waals surface area contributed by atoms with E-state index in [4.69, 9.17) is 74.1 Å². The number of nitrogens with two attached hydrogens (primary N) is 2. The van der Waals surface area contributed by atoms with E-state index in [0.717, 1.165) is 63.0 Å². The lowest BCUT2D eigenvalue weighted by atomic mass is 10.1. The highest BCUT2D eigenvalue weighted by Gasteiger charge is 2.26. The van der Waals surface area contributed by atoms with Crippen LogP contribution in [-0.2, 0) is 0 Å². The predicted octanol–water partition coefficient (Wildman–Crippen LogP) is 15.6. The van der Waals surface area contributed by atoms with Gasteiger partial charge in [0.2, 0.25) is 0 Å². The summed E-state index contributed by atoms with van der Waals surface area (Å²) < 4.78 is 0. The van der Waals surface area contributed by atoms with Gasteiger partial charge in [0.15, 0.2) is 0 Å². The van der Waals surface area contributed by atoms with Crippen LogP contribution in [0.5, 0.6) is 23.0 Å². The molecule has 0 atom stereocenters. The number of anilines is 8. The van der Waals surface area contributed by atoms with Gasteiger partial charge < -0.3 is 84.2 Å². The van der Waals surface area contributed by atoms with Crippen molar-refractivity contribution in [3.8, 4) is 23.0 Å². The number of carbonyl (C=O) groups excluding carboxylic acids is 8. The number of rotatable bonds is 20. The van der Waals surface area contributed by atoms with Crippen LogP contribution in [-0.4, -0.2) is 154 Å². The Labute approximate surface area is 740 Å². The summed E-state index contributed by atoms with van der Waals surface area (Å²) in [5.41, 5.74) is 15.2. The van der Waals surface area contributed by atoms with Crippen molar-refractivity contribution in [1.82, 2.24) is 29.7 Å². The fraction of sp³-hybridized carbons (Fsp3) is 0.111. The van der Waals surface area contributed by atoms with Gasteiger partial charge in [0.05, 0.1) is 65.1 Å². The normalized spacial score (nSPS) is 12.0. The lowest BCUT2D eigenvalue weighted by Crippen LogP contribution is -2.35. The molecule has 2 aliphatic rings. The molecule has 8 aromatic carbocycles. The Balaban J connectivity index is 0.000000163. The standard InChI is InChI=1S/C25H24ClN5O3.C24H22ClN5O3.C21H18ClN5O3.C20H16ClN5O3/c26-18-11-12-21(28-15-18)29-25(34)19-5-4-6-20(32)22(19)30-24(33)17-9-7-16(8-10-17)23(27)31-13-2-1-3-14-31;25-17-10-11-20(27-14-17)28-24(33)18-4-3-5-19(31)21(18)29-23(32)16-8-6-15(7-9-16)22(26)30-12-1-2-13-30;1-24-19(23)12-5-7-13(8-6-12)20(29)27-18-15(3-2-4-16(18)28)21(30)26-17-10-9-14(22)11-25-17;21-13-8-9-16(24-10-13)25-20(29)14-2-1-3-15(27)17(14)26-19(28)12-6-4-11(5-7-12)18(22)23/h4-12,15,27,32H,1-3,13-14H2,(H,30,33)(H,28,29,34);3-11,14,26,31H,1-2,12-13H2,(H,29,32)(H,27,28,33);2-11,28H,1H3,(H2,23,24)(H,27,29)(H,25,26,30);1-10,27H,(H3,22,23)(H,26,28)(H,24,25,29). The van der Waals surface area contributed by atoms with E-state index in [1.807, 2.05) is 9.80 Å². The van der Waals surface area contributed by atoms with Gasteiger partial charge in [-0.3, -0.25) is 59.6 Å². The Kier molecular flexibility index (Phi) is 31.3. The van der Waals surface area contributed by atoms with Gasteiger partial charge in [0, 0.05) is 103 Å². The number of phenolic OH excluding ortho intramolecular Hbond substituents is 4. The molecule has 0 bridgehead atoms. The zero-order chi connectivity index (χ0) is 90.1. The molecular formula is C90H80Cl4N20O12. The first kappa shape index (κ1) is 91.1. The minimum absolute atomic E-state index is 0.0101. The first-order valence-corrected chi connectivity index (χ1v) is 40.0. The van der Waals surface area contributed by atoms with Crippen molar-refractivity contribution in [1.29, 1.82) is 16.2 Å². The van der Waals surface area contributed by atoms with Crippen LogP contribution in [0.15, 0.2) is 248 Å². The Morgan fingerprint density at radius 2 is 0.540 bits per heavy atom. The average Bonchev–Trinajstić information content (AvgIpc) is 0.951. The number of nitrogens with zero attached hydrogens (tertiary/aromatic N) is 7. The number of nitrogen functional groups attached to an aromatic ring is 1. The smallest absolute Gasteiger partial charge is 0.259 e. The highest BCUT2D eigenvalue weighted by molar-refractivity contribution is 6.31. The van der Waals surface area contributed by atoms with Gasteiger partial charge in [0.1, 0.15) is 69.6 Å². The number of hydrogen-bond acceptors (Lipinski definition) is 20. The van der Waals surface area contributed by atoms with Crippen LogP contribution >= 0.6 is 46.4 Å². The summed E-state index contributed by atoms with van der Waals surface area (Å²) in [7, 11) is 1.57. The lowest BCUT2D eigenvalue weighted by Gasteiger charge is -2.29. The lowest BCUT2D eigenvalue weighted by molar-refractivity contribution is 0.101. The number of hydrogen-bond donors (Lipinski definition) is 17. The third-order valence-corrected chi connectivity index (χ3v) is 20.0. The summed E-state index contributed by atoms with van der Waals surface area (Å²) in [6.07, 6.45) is 11.1. The van der Waals surface area contributed by atoms with Crippen LogP contribution in [0.4, 0.5) is 46.0 Å². The van der Waals surface area contributed by atoms with Crippen molar-refractivity contribution in [2.75, 3.05) is 75.8 Å². The number of carbonyl (C=O) groups is 8. The number of para-hydroxylation sites is 4. The van der Waals surface area contributed by atoms with E-state index >= 15 is 0 Å². The molecule has 126 heavy (non-hydrogen) atoms. The number of aliphatic imine (C=N–C) groups is 1. The van der Waals surface area contributed by atoms with Crippen LogP contribution < -0.4 is 54.0 Å². The highest BCUT2D eigenvalue weighted by Crippen LogP contribution is 2.34. The molecule has 4 aromatic heterocycles. The average molecular weight is 1780 g/mol. The summed E-state index contributed by atoms with van der Waals surface area (Å²) in [5, 5.41) is 87.7. The third kappa shape index (κ3) is 24.6. The summed E-state index contributed by atoms with van der Waals surface area (Å²) in [4.78, 5) is 126. The van der Waals surface area contributed by atoms with Crippen molar-refractivity contribution in [3.05, 3.63) is 330 Å².